The van der Waals surface area contributed by atoms with Gasteiger partial charge in [0.05, 0.1) is 13.2 Å². The predicted molar refractivity (Wildman–Crippen MR) is 109 cm³/mol. The number of pyridine rings is 1. The molecule has 0 N–H and O–H groups in total. The molecule has 3 rings (SSSR count). The van der Waals surface area contributed by atoms with Crippen molar-refractivity contribution in [1.82, 2.24) is 19.7 Å². The van der Waals surface area contributed by atoms with Crippen LogP contribution >= 0.6 is 6.72 Å². The molecule has 28 heavy (non-hydrogen) atoms. The molecule has 3 aromatic rings. The van der Waals surface area contributed by atoms with Crippen molar-refractivity contribution in [2.75, 3.05) is 13.2 Å². The molecule has 2 heterocycles. The van der Waals surface area contributed by atoms with Crippen molar-refractivity contribution in [3.8, 4) is 23.5 Å². The summed E-state index contributed by atoms with van der Waals surface area (Å²) in [6, 6.07) is 14.9. The molecule has 0 radical (unpaired) electrons. The van der Waals surface area contributed by atoms with E-state index in [4.69, 9.17) is 30.1 Å². The highest BCUT2D eigenvalue weighted by molar-refractivity contribution is 8.07. The van der Waals surface area contributed by atoms with Crippen molar-refractivity contribution < 1.29 is 18.3 Å². The summed E-state index contributed by atoms with van der Waals surface area (Å²) in [4.78, 5) is 8.78. The van der Waals surface area contributed by atoms with Crippen LogP contribution in [0.5, 0.6) is 17.6 Å². The number of hydrogen-bond donors (Lipinski definition) is 0. The zero-order valence-corrected chi connectivity index (χ0v) is 17.5. The standard InChI is InChI=1S/C18H21N4O4PS/c1-4-23-27(28,24-5-2)26-18-19-14(3)22(21-18)16-12-9-13-17(20-16)25-15-10-7-6-8-11-15/h6-13H,4-5H2,1-3H3. The smallest absolute Gasteiger partial charge is 0.382 e. The average Bonchev–Trinajstić information content (AvgIpc) is 3.03. The van der Waals surface area contributed by atoms with Gasteiger partial charge >= 0.3 is 12.7 Å². The summed E-state index contributed by atoms with van der Waals surface area (Å²) >= 11 is 5.36. The summed E-state index contributed by atoms with van der Waals surface area (Å²) < 4.78 is 23.9. The Labute approximate surface area is 168 Å². The van der Waals surface area contributed by atoms with Crippen molar-refractivity contribution in [1.29, 1.82) is 0 Å². The van der Waals surface area contributed by atoms with Crippen molar-refractivity contribution in [3.05, 3.63) is 54.4 Å². The van der Waals surface area contributed by atoms with Gasteiger partial charge < -0.3 is 9.26 Å². The molecule has 8 nitrogen and oxygen atoms in total. The summed E-state index contributed by atoms with van der Waals surface area (Å²) in [5, 5.41) is 4.34. The van der Waals surface area contributed by atoms with Gasteiger partial charge in [0.25, 0.3) is 0 Å². The van der Waals surface area contributed by atoms with E-state index in [1.165, 1.54) is 0 Å². The molecule has 0 aliphatic heterocycles. The zero-order chi connectivity index (χ0) is 20.0. The maximum atomic E-state index is 5.78. The van der Waals surface area contributed by atoms with Crippen LogP contribution in [0.4, 0.5) is 0 Å². The van der Waals surface area contributed by atoms with Crippen LogP contribution in [0.3, 0.4) is 0 Å². The molecule has 0 spiro atoms. The summed E-state index contributed by atoms with van der Waals surface area (Å²) in [5.74, 6) is 2.25. The second kappa shape index (κ2) is 9.25. The lowest BCUT2D eigenvalue weighted by Gasteiger charge is -2.18. The molecule has 0 aliphatic carbocycles. The van der Waals surface area contributed by atoms with Gasteiger partial charge in [-0.15, -0.1) is 5.10 Å². The van der Waals surface area contributed by atoms with Gasteiger partial charge in [-0.25, -0.2) is 0 Å². The minimum absolute atomic E-state index is 0.0823. The van der Waals surface area contributed by atoms with Gasteiger partial charge in [-0.1, -0.05) is 24.3 Å². The van der Waals surface area contributed by atoms with Gasteiger partial charge in [0.2, 0.25) is 5.88 Å². The van der Waals surface area contributed by atoms with Crippen molar-refractivity contribution >= 4 is 18.5 Å². The number of ether oxygens (including phenoxy) is 1. The Morgan fingerprint density at radius 2 is 1.68 bits per heavy atom. The van der Waals surface area contributed by atoms with Crippen LogP contribution in [0.15, 0.2) is 48.5 Å². The van der Waals surface area contributed by atoms with Crippen molar-refractivity contribution in [2.45, 2.75) is 20.8 Å². The Morgan fingerprint density at radius 1 is 0.964 bits per heavy atom. The molecule has 0 aliphatic rings. The highest BCUT2D eigenvalue weighted by Gasteiger charge is 2.24. The Balaban J connectivity index is 1.83. The van der Waals surface area contributed by atoms with Gasteiger partial charge in [-0.2, -0.15) is 14.6 Å². The lowest BCUT2D eigenvalue weighted by Crippen LogP contribution is -2.04. The summed E-state index contributed by atoms with van der Waals surface area (Å²) in [6.45, 7) is 3.23. The predicted octanol–water partition coefficient (Wildman–Crippen LogP) is 4.44. The van der Waals surface area contributed by atoms with E-state index in [1.54, 1.807) is 23.7 Å². The number of para-hydroxylation sites is 1. The molecule has 0 fully saturated rings. The first-order chi connectivity index (χ1) is 13.5. The van der Waals surface area contributed by atoms with E-state index in [0.717, 1.165) is 0 Å². The molecule has 0 bridgehead atoms. The maximum Gasteiger partial charge on any atom is 0.382 e. The third kappa shape index (κ3) is 5.14. The van der Waals surface area contributed by atoms with Crippen LogP contribution in [0.1, 0.15) is 19.7 Å². The monoisotopic (exact) mass is 420 g/mol. The minimum Gasteiger partial charge on any atom is -0.439 e. The molecule has 10 heteroatoms. The topological polar surface area (TPSA) is 80.5 Å². The van der Waals surface area contributed by atoms with E-state index in [9.17, 15) is 0 Å². The van der Waals surface area contributed by atoms with Crippen LogP contribution in [-0.2, 0) is 20.9 Å². The van der Waals surface area contributed by atoms with Gasteiger partial charge in [0.1, 0.15) is 11.6 Å². The first kappa shape index (κ1) is 20.4. The average molecular weight is 420 g/mol. The second-order valence-electron chi connectivity index (χ2n) is 5.48. The van der Waals surface area contributed by atoms with E-state index < -0.39 is 6.72 Å². The Morgan fingerprint density at radius 3 is 2.36 bits per heavy atom. The van der Waals surface area contributed by atoms with Crippen LogP contribution in [0, 0.1) is 6.92 Å². The molecule has 0 saturated carbocycles. The van der Waals surface area contributed by atoms with Gasteiger partial charge in [0, 0.05) is 17.9 Å². The normalized spacial score (nSPS) is 11.4. The largest absolute Gasteiger partial charge is 0.439 e. The highest BCUT2D eigenvalue weighted by atomic mass is 32.5. The molecule has 0 atom stereocenters. The van der Waals surface area contributed by atoms with Crippen LogP contribution < -0.4 is 9.26 Å². The fraction of sp³-hybridized carbons (Fsp3) is 0.278. The van der Waals surface area contributed by atoms with Crippen molar-refractivity contribution in [3.63, 3.8) is 0 Å². The molecule has 0 amide bonds. The molecular formula is C18H21N4O4PS. The Kier molecular flexibility index (Phi) is 6.74. The van der Waals surface area contributed by atoms with E-state index in [0.29, 0.717) is 36.5 Å². The SMILES string of the molecule is CCOP(=S)(OCC)Oc1nc(C)n(-c2cccc(Oc3ccccc3)n2)n1. The number of nitrogens with zero attached hydrogens (tertiary/aromatic N) is 4. The molecular weight excluding hydrogens is 399 g/mol. The molecule has 148 valence electrons. The molecule has 1 aromatic carbocycles. The fourth-order valence-corrected chi connectivity index (χ4v) is 4.24. The molecule has 2 aromatic heterocycles. The zero-order valence-electron chi connectivity index (χ0n) is 15.8. The summed E-state index contributed by atoms with van der Waals surface area (Å²) in [7, 11) is 0. The second-order valence-corrected chi connectivity index (χ2v) is 8.41. The quantitative estimate of drug-likeness (QED) is 0.470. The first-order valence-electron chi connectivity index (χ1n) is 8.75. The number of hydrogen-bond acceptors (Lipinski definition) is 8. The minimum atomic E-state index is -2.94. The highest BCUT2D eigenvalue weighted by Crippen LogP contribution is 2.48. The Bertz CT molecular complexity index is 957. The van der Waals surface area contributed by atoms with Gasteiger partial charge in [-0.3, -0.25) is 9.05 Å². The number of benzene rings is 1. The summed E-state index contributed by atoms with van der Waals surface area (Å²) in [5.41, 5.74) is 0. The van der Waals surface area contributed by atoms with Gasteiger partial charge in [0.15, 0.2) is 5.82 Å². The molecule has 0 unspecified atom stereocenters. The maximum absolute atomic E-state index is 5.78. The van der Waals surface area contributed by atoms with Crippen LogP contribution in [0.25, 0.3) is 5.82 Å². The van der Waals surface area contributed by atoms with Crippen LogP contribution in [0.2, 0.25) is 0 Å². The lowest BCUT2D eigenvalue weighted by atomic mass is 10.3. The van der Waals surface area contributed by atoms with Crippen molar-refractivity contribution in [2.24, 2.45) is 0 Å². The number of aryl methyl sites for hydroxylation is 1. The fourth-order valence-electron chi connectivity index (χ4n) is 2.32. The van der Waals surface area contributed by atoms with E-state index in [2.05, 4.69) is 15.1 Å². The van der Waals surface area contributed by atoms with Crippen LogP contribution in [-0.4, -0.2) is 33.0 Å². The van der Waals surface area contributed by atoms with E-state index in [1.807, 2.05) is 50.2 Å². The summed E-state index contributed by atoms with van der Waals surface area (Å²) in [6.07, 6.45) is 0. The third-order valence-electron chi connectivity index (χ3n) is 3.41. The van der Waals surface area contributed by atoms with E-state index in [-0.39, 0.29) is 6.01 Å². The number of aromatic nitrogens is 4. The number of rotatable bonds is 9. The lowest BCUT2D eigenvalue weighted by molar-refractivity contribution is 0.214. The third-order valence-corrected chi connectivity index (χ3v) is 5.80. The van der Waals surface area contributed by atoms with E-state index >= 15 is 0 Å². The molecule has 0 saturated heterocycles. The first-order valence-corrected chi connectivity index (χ1v) is 11.3. The van der Waals surface area contributed by atoms with Gasteiger partial charge in [-0.05, 0) is 39.0 Å². The Hall–Kier alpha value is -2.32.